The summed E-state index contributed by atoms with van der Waals surface area (Å²) in [7, 11) is 0. The molecule has 0 N–H and O–H groups in total. The molecule has 0 amide bonds. The number of carbonyl (C=O) groups is 16. The van der Waals surface area contributed by atoms with Crippen LogP contribution in [0.25, 0.3) is 0 Å². The van der Waals surface area contributed by atoms with Crippen molar-refractivity contribution in [1.29, 1.82) is 0 Å². The Morgan fingerprint density at radius 1 is 0.204 bits per heavy atom. The zero-order chi connectivity index (χ0) is 81.1. The molecule has 32 heteroatoms. The number of Topliss-reactive ketones (excluding diaryl/α,β-unsaturated/α-hetero) is 16. The zero-order valence-corrected chi connectivity index (χ0v) is 80.5. The Labute approximate surface area is 748 Å². The number of carbonyl (C=O) groups excluding carboxylic acids is 16. The average Bonchev–Trinajstić information content (AvgIpc) is 0.922. The molecular weight excluding hydrogens is 1690 g/mol. The number of hydrogen-bond donors (Lipinski definition) is 0. The predicted molar refractivity (Wildman–Crippen MR) is 406 cm³/mol. The van der Waals surface area contributed by atoms with Crippen molar-refractivity contribution in [3.63, 3.8) is 0 Å². The van der Waals surface area contributed by atoms with Crippen molar-refractivity contribution in [2.75, 3.05) is 184 Å². The van der Waals surface area contributed by atoms with Gasteiger partial charge in [-0.2, -0.15) is 0 Å². The van der Waals surface area contributed by atoms with Crippen molar-refractivity contribution in [1.82, 2.24) is 58.8 Å². The summed E-state index contributed by atoms with van der Waals surface area (Å²) in [6, 6.07) is 0. The van der Waals surface area contributed by atoms with Crippen LogP contribution in [0.4, 0.5) is 0 Å². The van der Waals surface area contributed by atoms with Crippen LogP contribution in [0.3, 0.4) is 0 Å². The molecule has 0 atom stereocenters. The number of ketones is 16. The quantitative estimate of drug-likeness (QED) is 0.0475. The number of rotatable bonds is 60. The van der Waals surface area contributed by atoms with E-state index in [0.29, 0.717) is 92.1 Å². The maximum atomic E-state index is 11.6. The van der Waals surface area contributed by atoms with Gasteiger partial charge in [0.1, 0.15) is 81.0 Å². The third kappa shape index (κ3) is 84.3. The number of hydrogen-bond acceptors (Lipinski definition) is 28. The maximum Gasteiger partial charge on any atom is 0.143 e. The molecule has 0 aromatic carbocycles. The summed E-state index contributed by atoms with van der Waals surface area (Å²) in [5, 5.41) is 0. The summed E-state index contributed by atoms with van der Waals surface area (Å²) in [6.07, 6.45) is 0. The van der Waals surface area contributed by atoms with E-state index in [2.05, 4.69) is 26.3 Å². The molecule has 0 saturated carbocycles. The van der Waals surface area contributed by atoms with Gasteiger partial charge in [-0.3, -0.25) is 123 Å². The van der Waals surface area contributed by atoms with Crippen LogP contribution >= 0.6 is 0 Å². The van der Waals surface area contributed by atoms with Gasteiger partial charge in [-0.1, -0.05) is 48.6 Å². The van der Waals surface area contributed by atoms with E-state index in [4.69, 9.17) is 0 Å². The van der Waals surface area contributed by atoms with Crippen LogP contribution in [0.2, 0.25) is 0 Å². The molecule has 28 nitrogen and oxygen atoms in total. The predicted octanol–water partition coefficient (Wildman–Crippen LogP) is 3.77. The molecule has 0 unspecified atom stereocenters. The van der Waals surface area contributed by atoms with Crippen LogP contribution < -0.4 is 0 Å². The van der Waals surface area contributed by atoms with E-state index >= 15 is 0 Å². The Bertz CT molecular complexity index is 2400. The van der Waals surface area contributed by atoms with E-state index in [1.165, 1.54) is 124 Å². The fourth-order valence-corrected chi connectivity index (χ4v) is 10.5. The second kappa shape index (κ2) is 70.9. The first-order valence-corrected chi connectivity index (χ1v) is 34.6. The summed E-state index contributed by atoms with van der Waals surface area (Å²) >= 11 is 0. The fourth-order valence-electron chi connectivity index (χ4n) is 10.5. The maximum absolute atomic E-state index is 11.6. The van der Waals surface area contributed by atoms with Gasteiger partial charge in [-0.15, -0.1) is 13.1 Å². The fraction of sp³-hybridized carbons (Fsp3) is 0.632. The van der Waals surface area contributed by atoms with Gasteiger partial charge in [-0.05, 0) is 152 Å². The molecule has 0 aromatic rings. The minimum atomic E-state index is -0.134. The summed E-state index contributed by atoms with van der Waals surface area (Å²) in [4.78, 5) is 205. The van der Waals surface area contributed by atoms with Crippen LogP contribution in [0.1, 0.15) is 138 Å². The second-order valence-corrected chi connectivity index (χ2v) is 27.9. The van der Waals surface area contributed by atoms with E-state index in [9.17, 15) is 76.7 Å². The van der Waals surface area contributed by atoms with Gasteiger partial charge in [0.15, 0.2) is 0 Å². The molecule has 604 valence electrons. The van der Waals surface area contributed by atoms with Gasteiger partial charge in [0.25, 0.3) is 0 Å². The standard InChI is InChI=1S/4C19H32N3O4.4Y/c4*1-15(2)9-22(13-19(6)26)14-21(12-18(5)25)8-7-20(10-16(3)23)11-17(4)24;;;;/h12H,1,7-11,13-14H2,2-6H3;10H,1,7-9,11-14H2,2-6H3;8H,1,7,9-14H2,2-6H3;7H,1,8-14H2,2-6H3;;;;/q4*-1;;;;. The van der Waals surface area contributed by atoms with Gasteiger partial charge in [0.05, 0.1) is 72.1 Å². The molecule has 4 radical (unpaired) electrons. The third-order valence-corrected chi connectivity index (χ3v) is 13.0. The van der Waals surface area contributed by atoms with Crippen LogP contribution in [-0.2, 0) is 208 Å². The van der Waals surface area contributed by atoms with Crippen molar-refractivity contribution in [2.45, 2.75) is 138 Å². The molecule has 0 aliphatic heterocycles. The van der Waals surface area contributed by atoms with E-state index in [1.807, 2.05) is 66.9 Å². The minimum absolute atomic E-state index is 0. The zero-order valence-electron chi connectivity index (χ0n) is 69.1. The first kappa shape index (κ1) is 121. The van der Waals surface area contributed by atoms with Gasteiger partial charge in [0.2, 0.25) is 0 Å². The third-order valence-electron chi connectivity index (χ3n) is 13.0. The van der Waals surface area contributed by atoms with Crippen molar-refractivity contribution < 1.29 is 208 Å². The molecule has 0 spiro atoms. The Hall–Kier alpha value is -2.64. The molecule has 0 aromatic heterocycles. The van der Waals surface area contributed by atoms with Gasteiger partial charge in [-0.25, -0.2) is 0 Å². The van der Waals surface area contributed by atoms with E-state index in [-0.39, 0.29) is 315 Å². The molecular formula is C76H128N12O16Y4-4. The minimum Gasteiger partial charge on any atom is -0.443 e. The van der Waals surface area contributed by atoms with Crippen LogP contribution in [0.15, 0.2) is 48.6 Å². The molecule has 0 heterocycles. The largest absolute Gasteiger partial charge is 0.443 e. The van der Waals surface area contributed by atoms with Crippen LogP contribution in [-0.4, -0.2) is 335 Å². The molecule has 0 aliphatic rings. The van der Waals surface area contributed by atoms with Crippen molar-refractivity contribution in [3.8, 4) is 0 Å². The molecule has 0 rings (SSSR count). The van der Waals surface area contributed by atoms with Gasteiger partial charge >= 0.3 is 0 Å². The Balaban J connectivity index is -0.000000203. The summed E-state index contributed by atoms with van der Waals surface area (Å²) in [5.74, 6) is -0.320. The average molecular weight is 1820 g/mol. The smallest absolute Gasteiger partial charge is 0.143 e. The van der Waals surface area contributed by atoms with Crippen molar-refractivity contribution in [3.05, 3.63) is 74.8 Å². The summed E-state index contributed by atoms with van der Waals surface area (Å²) in [6.45, 7) is 62.7. The monoisotopic (exact) mass is 1820 g/mol. The van der Waals surface area contributed by atoms with Crippen molar-refractivity contribution in [2.24, 2.45) is 0 Å². The van der Waals surface area contributed by atoms with Crippen LogP contribution in [0, 0.1) is 26.2 Å². The van der Waals surface area contributed by atoms with Crippen molar-refractivity contribution >= 4 is 92.5 Å². The Morgan fingerprint density at radius 3 is 0.713 bits per heavy atom. The molecule has 0 aliphatic carbocycles. The molecule has 0 bridgehead atoms. The van der Waals surface area contributed by atoms with Gasteiger partial charge < -0.3 is 39.0 Å². The number of nitrogens with zero attached hydrogens (tertiary/aromatic N) is 12. The molecule has 0 saturated heterocycles. The van der Waals surface area contributed by atoms with Gasteiger partial charge in [0, 0.05) is 228 Å². The normalized spacial score (nSPS) is 10.7. The second-order valence-electron chi connectivity index (χ2n) is 27.9. The first-order chi connectivity index (χ1) is 48.0. The molecule has 0 fully saturated rings. The topological polar surface area (TPSA) is 312 Å². The van der Waals surface area contributed by atoms with E-state index < -0.39 is 0 Å². The molecule has 108 heavy (non-hydrogen) atoms. The summed E-state index contributed by atoms with van der Waals surface area (Å²) in [5.41, 5.74) is 3.69. The van der Waals surface area contributed by atoms with E-state index in [1.54, 1.807) is 32.7 Å². The van der Waals surface area contributed by atoms with Crippen LogP contribution in [0.5, 0.6) is 0 Å². The summed E-state index contributed by atoms with van der Waals surface area (Å²) < 4.78 is 0. The SMILES string of the molecule is C=C(C)CN(CC(C)=O)CN(CCN([CH-]C(C)=O)CC(C)=O)CC(C)=O.C=C(C)CN(CC(C)=O)CN(C[CH-]N(CC(C)=O)CC(C)=O)CC(C)=O.C=C(C)CN(CC(C)=O)CN([CH-]C(C)=O)CCN(CC(C)=O)CC(C)=O.C=C(C)CN(CC(C)=O)CN([CH-]CN(CC(C)=O)CC(C)=O)CC(C)=O.[Y].[Y].[Y].[Y]. The Morgan fingerprint density at radius 2 is 0.407 bits per heavy atom. The Kier molecular flexibility index (Phi) is 79.5. The van der Waals surface area contributed by atoms with E-state index in [0.717, 1.165) is 22.3 Å². The first-order valence-electron chi connectivity index (χ1n) is 34.6.